The van der Waals surface area contributed by atoms with E-state index in [4.69, 9.17) is 0 Å². The number of carboxylic acid groups (broad SMARTS) is 4. The number of rotatable bonds is 8. The van der Waals surface area contributed by atoms with Gasteiger partial charge in [0.15, 0.2) is 0 Å². The predicted octanol–water partition coefficient (Wildman–Crippen LogP) is 6.46. The van der Waals surface area contributed by atoms with Gasteiger partial charge in [0.1, 0.15) is 0 Å². The lowest BCUT2D eigenvalue weighted by molar-refractivity contribution is 0.0676. The van der Waals surface area contributed by atoms with Crippen LogP contribution in [-0.4, -0.2) is 44.3 Å². The summed E-state index contributed by atoms with van der Waals surface area (Å²) in [5.74, 6) is -5.20. The summed E-state index contributed by atoms with van der Waals surface area (Å²) in [6.07, 6.45) is 0. The second-order valence-electron chi connectivity index (χ2n) is 7.87. The fraction of sp³-hybridized carbons (Fsp3) is 0. The molecule has 0 heterocycles. The molecule has 4 aromatic rings. The normalized spacial score (nSPS) is 11.3. The van der Waals surface area contributed by atoms with Crippen molar-refractivity contribution in [1.29, 1.82) is 0 Å². The van der Waals surface area contributed by atoms with Crippen molar-refractivity contribution in [1.82, 2.24) is 0 Å². The maximum atomic E-state index is 11.3. The molecule has 0 saturated carbocycles. The molecule has 0 atom stereocenters. The minimum atomic E-state index is -1.30. The summed E-state index contributed by atoms with van der Waals surface area (Å²) in [6, 6.07) is 17.0. The molecule has 0 amide bonds. The minimum Gasteiger partial charge on any atom is -0.478 e. The summed E-state index contributed by atoms with van der Waals surface area (Å²) in [4.78, 5) is 45.1. The van der Waals surface area contributed by atoms with Gasteiger partial charge in [0, 0.05) is 0 Å². The van der Waals surface area contributed by atoms with Crippen LogP contribution >= 0.6 is 0 Å². The third kappa shape index (κ3) is 5.88. The molecule has 4 rings (SSSR count). The first-order valence-corrected chi connectivity index (χ1v) is 10.7. The first-order valence-electron chi connectivity index (χ1n) is 10.7. The van der Waals surface area contributed by atoms with E-state index < -0.39 is 23.9 Å². The van der Waals surface area contributed by atoms with E-state index in [1.54, 1.807) is 36.4 Å². The van der Waals surface area contributed by atoms with Crippen LogP contribution in [-0.2, 0) is 0 Å². The molecule has 12 nitrogen and oxygen atoms in total. The van der Waals surface area contributed by atoms with Crippen LogP contribution < -0.4 is 0 Å². The molecule has 0 saturated heterocycles. The highest BCUT2D eigenvalue weighted by atomic mass is 16.4. The van der Waals surface area contributed by atoms with Crippen molar-refractivity contribution in [2.75, 3.05) is 0 Å². The highest BCUT2D eigenvalue weighted by molar-refractivity contribution is 5.96. The van der Waals surface area contributed by atoms with Gasteiger partial charge in [0.2, 0.25) is 0 Å². The Morgan fingerprint density at radius 3 is 1.03 bits per heavy atom. The Morgan fingerprint density at radius 1 is 0.395 bits per heavy atom. The Bertz CT molecular complexity index is 1510. The average molecular weight is 512 g/mol. The highest BCUT2D eigenvalue weighted by Gasteiger charge is 2.12. The summed E-state index contributed by atoms with van der Waals surface area (Å²) in [7, 11) is 0. The standard InChI is InChI=1S/C26H16N4O8/c31-23(32)15-5-16(24(33)34)10-21(9-15)29-27-19-3-1-13-2-4-20(8-14(13)7-19)28-30-22-11-17(25(35)36)6-18(12-22)26(37)38/h1-12H,(H,31,32)(H,33,34)(H,35,36)(H,37,38). The zero-order chi connectivity index (χ0) is 27.4. The van der Waals surface area contributed by atoms with E-state index in [-0.39, 0.29) is 33.6 Å². The van der Waals surface area contributed by atoms with Crippen LogP contribution in [0.1, 0.15) is 41.4 Å². The van der Waals surface area contributed by atoms with Gasteiger partial charge in [0.05, 0.1) is 45.0 Å². The van der Waals surface area contributed by atoms with E-state index in [1.807, 2.05) is 0 Å². The number of hydrogen-bond acceptors (Lipinski definition) is 8. The van der Waals surface area contributed by atoms with Crippen LogP contribution in [0.15, 0.2) is 93.3 Å². The lowest BCUT2D eigenvalue weighted by atomic mass is 10.1. The van der Waals surface area contributed by atoms with Gasteiger partial charge in [0.25, 0.3) is 0 Å². The molecule has 0 radical (unpaired) electrons. The fourth-order valence-electron chi connectivity index (χ4n) is 3.41. The second-order valence-corrected chi connectivity index (χ2v) is 7.87. The van der Waals surface area contributed by atoms with Crippen LogP contribution in [0, 0.1) is 0 Å². The zero-order valence-corrected chi connectivity index (χ0v) is 19.1. The Morgan fingerprint density at radius 2 is 0.711 bits per heavy atom. The van der Waals surface area contributed by atoms with Gasteiger partial charge in [-0.05, 0) is 71.4 Å². The number of carboxylic acids is 4. The molecular weight excluding hydrogens is 496 g/mol. The van der Waals surface area contributed by atoms with Crippen LogP contribution in [0.5, 0.6) is 0 Å². The number of benzene rings is 4. The van der Waals surface area contributed by atoms with Crippen molar-refractivity contribution in [3.05, 3.63) is 95.1 Å². The van der Waals surface area contributed by atoms with Crippen molar-refractivity contribution in [3.63, 3.8) is 0 Å². The molecule has 0 aliphatic heterocycles. The maximum Gasteiger partial charge on any atom is 0.335 e. The first-order chi connectivity index (χ1) is 18.1. The van der Waals surface area contributed by atoms with E-state index in [1.165, 1.54) is 24.3 Å². The summed E-state index contributed by atoms with van der Waals surface area (Å²) < 4.78 is 0. The van der Waals surface area contributed by atoms with E-state index in [0.717, 1.165) is 17.5 Å². The monoisotopic (exact) mass is 512 g/mol. The van der Waals surface area contributed by atoms with Gasteiger partial charge in [-0.3, -0.25) is 0 Å². The number of hydrogen-bond donors (Lipinski definition) is 4. The predicted molar refractivity (Wildman–Crippen MR) is 133 cm³/mol. The van der Waals surface area contributed by atoms with Crippen molar-refractivity contribution in [2.24, 2.45) is 20.5 Å². The highest BCUT2D eigenvalue weighted by Crippen LogP contribution is 2.29. The molecule has 0 aliphatic rings. The largest absolute Gasteiger partial charge is 0.478 e. The number of nitrogens with zero attached hydrogens (tertiary/aromatic N) is 4. The summed E-state index contributed by atoms with van der Waals surface area (Å²) >= 11 is 0. The third-order valence-electron chi connectivity index (χ3n) is 5.19. The smallest absolute Gasteiger partial charge is 0.335 e. The molecule has 38 heavy (non-hydrogen) atoms. The summed E-state index contributed by atoms with van der Waals surface area (Å²) in [5, 5.41) is 54.4. The molecule has 0 aliphatic carbocycles. The lowest BCUT2D eigenvalue weighted by Crippen LogP contribution is -2.01. The molecule has 0 spiro atoms. The van der Waals surface area contributed by atoms with Crippen molar-refractivity contribution in [2.45, 2.75) is 0 Å². The second kappa shape index (κ2) is 10.5. The summed E-state index contributed by atoms with van der Waals surface area (Å²) in [5.41, 5.74) is -0.0700. The Balaban J connectivity index is 1.63. The third-order valence-corrected chi connectivity index (χ3v) is 5.19. The molecule has 188 valence electrons. The molecule has 4 aromatic carbocycles. The van der Waals surface area contributed by atoms with Crippen LogP contribution in [0.25, 0.3) is 10.8 Å². The van der Waals surface area contributed by atoms with Gasteiger partial charge in [-0.15, -0.1) is 0 Å². The van der Waals surface area contributed by atoms with Gasteiger partial charge in [-0.2, -0.15) is 20.5 Å². The zero-order valence-electron chi connectivity index (χ0n) is 19.1. The Kier molecular flexibility index (Phi) is 6.97. The van der Waals surface area contributed by atoms with Gasteiger partial charge in [-0.1, -0.05) is 12.1 Å². The minimum absolute atomic E-state index is 0.0502. The number of azo groups is 2. The van der Waals surface area contributed by atoms with Gasteiger partial charge >= 0.3 is 23.9 Å². The molecule has 0 bridgehead atoms. The topological polar surface area (TPSA) is 199 Å². The van der Waals surface area contributed by atoms with Crippen LogP contribution in [0.3, 0.4) is 0 Å². The number of carbonyl (C=O) groups is 4. The molecule has 12 heteroatoms. The van der Waals surface area contributed by atoms with E-state index >= 15 is 0 Å². The summed E-state index contributed by atoms with van der Waals surface area (Å²) in [6.45, 7) is 0. The molecule has 0 fully saturated rings. The van der Waals surface area contributed by atoms with E-state index in [2.05, 4.69) is 20.5 Å². The fourth-order valence-corrected chi connectivity index (χ4v) is 3.41. The molecular formula is C26H16N4O8. The Labute approximate surface area is 212 Å². The SMILES string of the molecule is O=C(O)c1cc(N=Nc2ccc3ccc(N=Nc4cc(C(=O)O)cc(C(=O)O)c4)cc3c2)cc(C(=O)O)c1. The van der Waals surface area contributed by atoms with Gasteiger partial charge < -0.3 is 20.4 Å². The molecule has 0 unspecified atom stereocenters. The molecule has 0 aromatic heterocycles. The number of aromatic carboxylic acids is 4. The van der Waals surface area contributed by atoms with E-state index in [9.17, 15) is 39.6 Å². The van der Waals surface area contributed by atoms with E-state index in [0.29, 0.717) is 16.8 Å². The number of fused-ring (bicyclic) bond motifs is 1. The Hall–Kier alpha value is -5.78. The lowest BCUT2D eigenvalue weighted by Gasteiger charge is -2.03. The van der Waals surface area contributed by atoms with Crippen molar-refractivity contribution < 1.29 is 39.6 Å². The van der Waals surface area contributed by atoms with Crippen molar-refractivity contribution >= 4 is 57.4 Å². The maximum absolute atomic E-state index is 11.3. The van der Waals surface area contributed by atoms with Crippen LogP contribution in [0.2, 0.25) is 0 Å². The van der Waals surface area contributed by atoms with Gasteiger partial charge in [-0.25, -0.2) is 19.2 Å². The quantitative estimate of drug-likeness (QED) is 0.193. The molecule has 4 N–H and O–H groups in total. The first kappa shape index (κ1) is 25.3. The van der Waals surface area contributed by atoms with Crippen LogP contribution in [0.4, 0.5) is 22.7 Å². The average Bonchev–Trinajstić information content (AvgIpc) is 2.89. The van der Waals surface area contributed by atoms with Crippen molar-refractivity contribution in [3.8, 4) is 0 Å².